The van der Waals surface area contributed by atoms with Crippen LogP contribution in [0.1, 0.15) is 34.5 Å². The minimum atomic E-state index is -0.245. The fourth-order valence-electron chi connectivity index (χ4n) is 2.74. The van der Waals surface area contributed by atoms with Crippen molar-refractivity contribution in [3.63, 3.8) is 0 Å². The number of carbonyl (C=O) groups is 1. The van der Waals surface area contributed by atoms with Crippen LogP contribution in [0, 0.1) is 5.82 Å². The smallest absolute Gasteiger partial charge is 0.257 e. The van der Waals surface area contributed by atoms with E-state index in [4.69, 9.17) is 11.6 Å². The average molecular weight is 383 g/mol. The van der Waals surface area contributed by atoms with Gasteiger partial charge < -0.3 is 10.6 Å². The van der Waals surface area contributed by atoms with Crippen molar-refractivity contribution in [1.82, 2.24) is 5.32 Å². The van der Waals surface area contributed by atoms with Crippen LogP contribution in [-0.2, 0) is 6.54 Å². The van der Waals surface area contributed by atoms with Gasteiger partial charge in [0.1, 0.15) is 5.82 Å². The molecule has 5 heteroatoms. The maximum Gasteiger partial charge on any atom is 0.257 e. The number of hydrogen-bond donors (Lipinski definition) is 2. The quantitative estimate of drug-likeness (QED) is 0.584. The number of anilines is 1. The Kier molecular flexibility index (Phi) is 6.22. The normalized spacial score (nSPS) is 11.8. The Labute approximate surface area is 163 Å². The van der Waals surface area contributed by atoms with Crippen LogP contribution in [0.4, 0.5) is 10.1 Å². The molecule has 0 spiro atoms. The average Bonchev–Trinajstić information content (AvgIpc) is 2.67. The molecule has 2 N–H and O–H groups in total. The second-order valence-electron chi connectivity index (χ2n) is 6.29. The van der Waals surface area contributed by atoms with Crippen molar-refractivity contribution >= 4 is 23.2 Å². The predicted octanol–water partition coefficient (Wildman–Crippen LogP) is 5.58. The molecule has 3 nitrogen and oxygen atoms in total. The minimum Gasteiger partial charge on any atom is -0.322 e. The lowest BCUT2D eigenvalue weighted by atomic mass is 10.1. The van der Waals surface area contributed by atoms with Gasteiger partial charge in [-0.25, -0.2) is 4.39 Å². The second kappa shape index (κ2) is 8.80. The van der Waals surface area contributed by atoms with Crippen molar-refractivity contribution in [2.45, 2.75) is 19.5 Å². The summed E-state index contributed by atoms with van der Waals surface area (Å²) in [5.74, 6) is -0.488. The Hall–Kier alpha value is -2.69. The third-order valence-electron chi connectivity index (χ3n) is 4.29. The molecule has 0 saturated heterocycles. The molecule has 3 rings (SSSR count). The molecule has 0 fully saturated rings. The van der Waals surface area contributed by atoms with Crippen LogP contribution in [0.2, 0.25) is 5.02 Å². The summed E-state index contributed by atoms with van der Waals surface area (Å²) in [6.45, 7) is 2.64. The van der Waals surface area contributed by atoms with Gasteiger partial charge in [0.05, 0.1) is 10.6 Å². The van der Waals surface area contributed by atoms with Crippen LogP contribution in [0.3, 0.4) is 0 Å². The zero-order valence-electron chi connectivity index (χ0n) is 14.9. The molecule has 1 atom stereocenters. The van der Waals surface area contributed by atoms with Crippen molar-refractivity contribution in [2.75, 3.05) is 5.32 Å². The molecule has 0 aromatic heterocycles. The number of rotatable bonds is 6. The molecule has 0 bridgehead atoms. The maximum absolute atomic E-state index is 13.0. The van der Waals surface area contributed by atoms with Crippen LogP contribution >= 0.6 is 11.6 Å². The first kappa shape index (κ1) is 19.1. The summed E-state index contributed by atoms with van der Waals surface area (Å²) in [4.78, 5) is 12.4. The minimum absolute atomic E-state index is 0.0759. The third kappa shape index (κ3) is 5.16. The summed E-state index contributed by atoms with van der Waals surface area (Å²) in [6.07, 6.45) is 0. The lowest BCUT2D eigenvalue weighted by Crippen LogP contribution is -2.18. The molecule has 0 radical (unpaired) electrons. The topological polar surface area (TPSA) is 41.1 Å². The molecule has 3 aromatic rings. The van der Waals surface area contributed by atoms with Gasteiger partial charge in [0, 0.05) is 18.3 Å². The second-order valence-corrected chi connectivity index (χ2v) is 6.70. The first-order valence-corrected chi connectivity index (χ1v) is 9.04. The summed E-state index contributed by atoms with van der Waals surface area (Å²) < 4.78 is 13.0. The zero-order chi connectivity index (χ0) is 19.2. The van der Waals surface area contributed by atoms with Crippen molar-refractivity contribution in [3.8, 4) is 0 Å². The molecule has 0 aliphatic heterocycles. The summed E-state index contributed by atoms with van der Waals surface area (Å²) in [5, 5.41) is 6.69. The van der Waals surface area contributed by atoms with Gasteiger partial charge in [0.2, 0.25) is 0 Å². The van der Waals surface area contributed by atoms with Gasteiger partial charge in [-0.1, -0.05) is 48.0 Å². The predicted molar refractivity (Wildman–Crippen MR) is 108 cm³/mol. The van der Waals surface area contributed by atoms with Crippen molar-refractivity contribution in [2.24, 2.45) is 0 Å². The summed E-state index contributed by atoms with van der Waals surface area (Å²) in [6, 6.07) is 21.1. The van der Waals surface area contributed by atoms with Crippen LogP contribution < -0.4 is 10.6 Å². The van der Waals surface area contributed by atoms with Gasteiger partial charge in [-0.3, -0.25) is 4.79 Å². The molecule has 0 aliphatic rings. The zero-order valence-corrected chi connectivity index (χ0v) is 15.6. The molecular formula is C22H20ClFN2O. The van der Waals surface area contributed by atoms with E-state index >= 15 is 0 Å². The van der Waals surface area contributed by atoms with Gasteiger partial charge in [0.25, 0.3) is 5.91 Å². The van der Waals surface area contributed by atoms with Gasteiger partial charge in [-0.05, 0) is 54.4 Å². The van der Waals surface area contributed by atoms with E-state index in [1.54, 1.807) is 36.4 Å². The number of hydrogen-bond acceptors (Lipinski definition) is 2. The van der Waals surface area contributed by atoms with E-state index in [-0.39, 0.29) is 17.8 Å². The van der Waals surface area contributed by atoms with E-state index in [1.165, 1.54) is 12.1 Å². The van der Waals surface area contributed by atoms with Crippen LogP contribution in [0.25, 0.3) is 0 Å². The van der Waals surface area contributed by atoms with Crippen LogP contribution in [0.5, 0.6) is 0 Å². The summed E-state index contributed by atoms with van der Waals surface area (Å²) in [5.41, 5.74) is 3.18. The Balaban J connectivity index is 1.62. The van der Waals surface area contributed by atoms with Crippen molar-refractivity contribution in [3.05, 3.63) is 100 Å². The highest BCUT2D eigenvalue weighted by atomic mass is 35.5. The lowest BCUT2D eigenvalue weighted by molar-refractivity contribution is 0.102. The number of halogens is 2. The molecule has 3 aromatic carbocycles. The Morgan fingerprint density at radius 2 is 1.78 bits per heavy atom. The van der Waals surface area contributed by atoms with E-state index in [9.17, 15) is 9.18 Å². The Bertz CT molecular complexity index is 928. The van der Waals surface area contributed by atoms with E-state index in [1.807, 2.05) is 31.2 Å². The Morgan fingerprint density at radius 3 is 2.52 bits per heavy atom. The largest absolute Gasteiger partial charge is 0.322 e. The Morgan fingerprint density at radius 1 is 1.04 bits per heavy atom. The lowest BCUT2D eigenvalue weighted by Gasteiger charge is -2.15. The highest BCUT2D eigenvalue weighted by molar-refractivity contribution is 6.34. The molecule has 1 amide bonds. The van der Waals surface area contributed by atoms with Crippen LogP contribution in [-0.4, -0.2) is 5.91 Å². The highest BCUT2D eigenvalue weighted by Crippen LogP contribution is 2.19. The first-order chi connectivity index (χ1) is 13.0. The van der Waals surface area contributed by atoms with Crippen molar-refractivity contribution < 1.29 is 9.18 Å². The third-order valence-corrected chi connectivity index (χ3v) is 4.62. The van der Waals surface area contributed by atoms with E-state index in [0.29, 0.717) is 22.8 Å². The van der Waals surface area contributed by atoms with Crippen molar-refractivity contribution in [1.29, 1.82) is 0 Å². The molecular weight excluding hydrogens is 363 g/mol. The van der Waals surface area contributed by atoms with E-state index < -0.39 is 0 Å². The fourth-order valence-corrected chi connectivity index (χ4v) is 2.96. The molecule has 0 aliphatic carbocycles. The number of amides is 1. The van der Waals surface area contributed by atoms with Gasteiger partial charge in [-0.2, -0.15) is 0 Å². The highest BCUT2D eigenvalue weighted by Gasteiger charge is 2.10. The summed E-state index contributed by atoms with van der Waals surface area (Å²) >= 11 is 6.07. The summed E-state index contributed by atoms with van der Waals surface area (Å²) in [7, 11) is 0. The van der Waals surface area contributed by atoms with Gasteiger partial charge >= 0.3 is 0 Å². The van der Waals surface area contributed by atoms with Gasteiger partial charge in [0.15, 0.2) is 0 Å². The molecule has 138 valence electrons. The van der Waals surface area contributed by atoms with Crippen LogP contribution in [0.15, 0.2) is 72.8 Å². The molecule has 1 unspecified atom stereocenters. The van der Waals surface area contributed by atoms with E-state index in [0.717, 1.165) is 11.1 Å². The first-order valence-electron chi connectivity index (χ1n) is 8.66. The number of benzene rings is 3. The SMILES string of the molecule is CC(NCc1cccc(NC(=O)c2ccccc2Cl)c1)c1ccc(F)cc1. The number of nitrogens with one attached hydrogen (secondary N) is 2. The monoisotopic (exact) mass is 382 g/mol. The number of carbonyl (C=O) groups excluding carboxylic acids is 1. The molecule has 0 heterocycles. The molecule has 0 saturated carbocycles. The van der Waals surface area contributed by atoms with E-state index in [2.05, 4.69) is 10.6 Å². The maximum atomic E-state index is 13.0. The van der Waals surface area contributed by atoms with Gasteiger partial charge in [-0.15, -0.1) is 0 Å². The standard InChI is InChI=1S/C22H20ClFN2O/c1-15(17-9-11-18(24)12-10-17)25-14-16-5-4-6-19(13-16)26-22(27)20-7-2-3-8-21(20)23/h2-13,15,25H,14H2,1H3,(H,26,27). The molecule has 27 heavy (non-hydrogen) atoms. The fraction of sp³-hybridized carbons (Fsp3) is 0.136.